The molecule has 1 heterocycles. The molecule has 15 atom stereocenters. The van der Waals surface area contributed by atoms with Crippen molar-refractivity contribution in [2.45, 2.75) is 80.6 Å². The van der Waals surface area contributed by atoms with E-state index in [1.807, 2.05) is 7.05 Å². The average molecular weight is 674 g/mol. The van der Waals surface area contributed by atoms with Crippen LogP contribution in [0.1, 0.15) is 37.0 Å². The number of carbonyl (C=O) groups excluding carboxylic acids is 3. The summed E-state index contributed by atoms with van der Waals surface area (Å²) >= 11 is 0. The van der Waals surface area contributed by atoms with Crippen LogP contribution in [0.5, 0.6) is 0 Å². The molecule has 264 valence electrons. The standard InChI is InChI=1S/C35H47NO12/c1-17(37)46-21-13-22(43-5)34-20-14-33(41)29(47-31(40)19-11-9-8-10-12-19)23(20)35(48-18(2)38,28(39)30(33)45-7)24-25(44-6)26(34)32(21,16-42-4)15-36(3)27(24)34/h8-12,20-30,39,41H,13-16H2,1-7H3/t20-,21+,22-,23-,24-,25-,26+,27+,28-,29+,30-,32-,33-,34-,35+/m0/s1. The lowest BCUT2D eigenvalue weighted by atomic mass is 9.42. The first-order valence-electron chi connectivity index (χ1n) is 16.7. The largest absolute Gasteiger partial charge is 0.462 e. The number of aliphatic hydroxyl groups excluding tert-OH is 1. The smallest absolute Gasteiger partial charge is 0.338 e. The van der Waals surface area contributed by atoms with Crippen molar-refractivity contribution in [2.75, 3.05) is 48.6 Å². The number of methoxy groups -OCH3 is 4. The summed E-state index contributed by atoms with van der Waals surface area (Å²) in [5.74, 6) is -4.27. The number of likely N-dealkylation sites (tertiary alicyclic amines) is 1. The Kier molecular flexibility index (Phi) is 8.06. The second-order valence-electron chi connectivity index (χ2n) is 14.9. The predicted molar refractivity (Wildman–Crippen MR) is 165 cm³/mol. The van der Waals surface area contributed by atoms with E-state index < -0.39 is 100 Å². The van der Waals surface area contributed by atoms with E-state index >= 15 is 0 Å². The number of esters is 3. The van der Waals surface area contributed by atoms with Crippen LogP contribution in [0.2, 0.25) is 0 Å². The molecule has 0 aromatic heterocycles. The third-order valence-corrected chi connectivity index (χ3v) is 13.2. The van der Waals surface area contributed by atoms with Crippen molar-refractivity contribution in [1.29, 1.82) is 0 Å². The number of benzene rings is 1. The van der Waals surface area contributed by atoms with Crippen LogP contribution in [0.3, 0.4) is 0 Å². The van der Waals surface area contributed by atoms with E-state index in [-0.39, 0.29) is 24.6 Å². The fourth-order valence-electron chi connectivity index (χ4n) is 12.5. The van der Waals surface area contributed by atoms with Crippen LogP contribution in [0, 0.1) is 34.5 Å². The van der Waals surface area contributed by atoms with E-state index in [2.05, 4.69) is 4.90 Å². The van der Waals surface area contributed by atoms with Crippen LogP contribution in [-0.2, 0) is 42.7 Å². The molecular formula is C35H47NO12. The third-order valence-electron chi connectivity index (χ3n) is 13.2. The Hall–Kier alpha value is -2.65. The van der Waals surface area contributed by atoms with Crippen LogP contribution in [0.15, 0.2) is 30.3 Å². The van der Waals surface area contributed by atoms with Crippen LogP contribution in [-0.4, -0.2) is 136 Å². The van der Waals surface area contributed by atoms with Gasteiger partial charge in [-0.25, -0.2) is 4.79 Å². The molecule has 1 saturated heterocycles. The minimum atomic E-state index is -1.86. The number of ether oxygens (including phenoxy) is 7. The molecule has 1 aromatic rings. The van der Waals surface area contributed by atoms with Crippen molar-refractivity contribution in [2.24, 2.45) is 34.5 Å². The minimum absolute atomic E-state index is 0.0497. The number of nitrogens with zero attached hydrogens (tertiary/aromatic N) is 1. The fourth-order valence-corrected chi connectivity index (χ4v) is 12.5. The first-order chi connectivity index (χ1) is 22.8. The molecule has 0 amide bonds. The van der Waals surface area contributed by atoms with Gasteiger partial charge in [0.25, 0.3) is 0 Å². The molecule has 1 aromatic carbocycles. The highest BCUT2D eigenvalue weighted by Gasteiger charge is 2.92. The van der Waals surface area contributed by atoms with Gasteiger partial charge in [-0.2, -0.15) is 0 Å². The van der Waals surface area contributed by atoms with E-state index in [0.717, 1.165) is 0 Å². The van der Waals surface area contributed by atoms with Crippen molar-refractivity contribution >= 4 is 17.9 Å². The van der Waals surface area contributed by atoms with Gasteiger partial charge in [0.05, 0.1) is 24.4 Å². The van der Waals surface area contributed by atoms with Crippen molar-refractivity contribution in [1.82, 2.24) is 4.90 Å². The molecule has 6 fully saturated rings. The molecule has 0 unspecified atom stereocenters. The fraction of sp³-hybridized carbons (Fsp3) is 0.743. The van der Waals surface area contributed by atoms with Gasteiger partial charge in [0, 0.05) is 89.9 Å². The van der Waals surface area contributed by atoms with Crippen LogP contribution >= 0.6 is 0 Å². The Balaban J connectivity index is 1.52. The van der Waals surface area contributed by atoms with Gasteiger partial charge in [-0.3, -0.25) is 9.59 Å². The van der Waals surface area contributed by atoms with Gasteiger partial charge in [-0.1, -0.05) is 18.2 Å². The molecule has 1 aliphatic heterocycles. The quantitative estimate of drug-likeness (QED) is 0.281. The zero-order valence-electron chi connectivity index (χ0n) is 28.5. The van der Waals surface area contributed by atoms with Gasteiger partial charge in [0.15, 0.2) is 5.60 Å². The number of carbonyl (C=O) groups is 3. The van der Waals surface area contributed by atoms with Crippen molar-refractivity contribution in [3.05, 3.63) is 35.9 Å². The van der Waals surface area contributed by atoms with Gasteiger partial charge in [0.1, 0.15) is 30.0 Å². The van der Waals surface area contributed by atoms with Gasteiger partial charge in [-0.05, 0) is 31.5 Å². The number of aliphatic hydroxyl groups is 2. The molecule has 1 spiro atoms. The Bertz CT molecular complexity index is 1460. The summed E-state index contributed by atoms with van der Waals surface area (Å²) in [6.07, 6.45) is -5.46. The first-order valence-corrected chi connectivity index (χ1v) is 16.7. The summed E-state index contributed by atoms with van der Waals surface area (Å²) in [6, 6.07) is 8.09. The summed E-state index contributed by atoms with van der Waals surface area (Å²) in [5, 5.41) is 25.3. The van der Waals surface area contributed by atoms with E-state index in [4.69, 9.17) is 33.2 Å². The maximum Gasteiger partial charge on any atom is 0.338 e. The molecule has 2 N–H and O–H groups in total. The molecular weight excluding hydrogens is 626 g/mol. The monoisotopic (exact) mass is 673 g/mol. The normalized spacial score (nSPS) is 48.1. The summed E-state index contributed by atoms with van der Waals surface area (Å²) in [5.41, 5.74) is -4.92. The van der Waals surface area contributed by atoms with Gasteiger partial charge in [0.2, 0.25) is 0 Å². The van der Waals surface area contributed by atoms with E-state index in [1.54, 1.807) is 51.7 Å². The summed E-state index contributed by atoms with van der Waals surface area (Å²) in [4.78, 5) is 41.9. The molecule has 7 bridgehead atoms. The summed E-state index contributed by atoms with van der Waals surface area (Å²) in [6.45, 7) is 3.34. The lowest BCUT2D eigenvalue weighted by Crippen LogP contribution is -2.81. The molecule has 48 heavy (non-hydrogen) atoms. The SMILES string of the molecule is COC[C@]12CN(C)[C@@H]3[C@@H]4[C@H](OC)[C@H]1[C@@]3([C@@H](OC)C[C@H]2OC(C)=O)[C@H]1C[C@]2(O)[C@H](OC(=O)c3ccccc3)[C@H]1[C@]4(OC(C)=O)[C@@H](O)[C@@H]2OC. The van der Waals surface area contributed by atoms with Gasteiger partial charge in [-0.15, -0.1) is 0 Å². The predicted octanol–water partition coefficient (Wildman–Crippen LogP) is 0.829. The zero-order chi connectivity index (χ0) is 34.6. The summed E-state index contributed by atoms with van der Waals surface area (Å²) < 4.78 is 43.7. The number of rotatable bonds is 9. The van der Waals surface area contributed by atoms with E-state index in [9.17, 15) is 24.6 Å². The Morgan fingerprint density at radius 3 is 2.21 bits per heavy atom. The lowest BCUT2D eigenvalue weighted by Gasteiger charge is -2.70. The Morgan fingerprint density at radius 2 is 1.62 bits per heavy atom. The summed E-state index contributed by atoms with van der Waals surface area (Å²) in [7, 11) is 8.19. The molecule has 6 aliphatic rings. The maximum absolute atomic E-state index is 13.8. The van der Waals surface area contributed by atoms with E-state index in [0.29, 0.717) is 13.0 Å². The third kappa shape index (κ3) is 3.95. The van der Waals surface area contributed by atoms with Crippen LogP contribution < -0.4 is 0 Å². The van der Waals surface area contributed by atoms with Crippen molar-refractivity contribution in [3.8, 4) is 0 Å². The highest BCUT2D eigenvalue weighted by atomic mass is 16.6. The molecule has 0 radical (unpaired) electrons. The molecule has 7 rings (SSSR count). The molecule has 13 heteroatoms. The number of fused-ring (bicyclic) bond motifs is 2. The highest BCUT2D eigenvalue weighted by molar-refractivity contribution is 5.89. The molecule has 5 aliphatic carbocycles. The second kappa shape index (κ2) is 11.4. The van der Waals surface area contributed by atoms with E-state index in [1.165, 1.54) is 21.0 Å². The Morgan fingerprint density at radius 1 is 0.917 bits per heavy atom. The topological polar surface area (TPSA) is 160 Å². The molecule has 13 nitrogen and oxygen atoms in total. The van der Waals surface area contributed by atoms with Crippen molar-refractivity contribution in [3.63, 3.8) is 0 Å². The average Bonchev–Trinajstić information content (AvgIpc) is 3.43. The number of hydrogen-bond acceptors (Lipinski definition) is 13. The van der Waals surface area contributed by atoms with Crippen LogP contribution in [0.4, 0.5) is 0 Å². The number of hydrogen-bond donors (Lipinski definition) is 2. The Labute approximate surface area is 280 Å². The highest BCUT2D eigenvalue weighted by Crippen LogP contribution is 2.80. The minimum Gasteiger partial charge on any atom is -0.462 e. The van der Waals surface area contributed by atoms with Gasteiger partial charge >= 0.3 is 17.9 Å². The first kappa shape index (κ1) is 33.8. The van der Waals surface area contributed by atoms with Gasteiger partial charge < -0.3 is 48.3 Å². The zero-order valence-corrected chi connectivity index (χ0v) is 28.5. The molecule has 5 saturated carbocycles. The van der Waals surface area contributed by atoms with Crippen LogP contribution in [0.25, 0.3) is 0 Å². The number of piperidine rings is 1. The van der Waals surface area contributed by atoms with Crippen molar-refractivity contribution < 1.29 is 57.8 Å². The maximum atomic E-state index is 13.8. The second-order valence-corrected chi connectivity index (χ2v) is 14.9. The lowest BCUT2D eigenvalue weighted by molar-refractivity contribution is -0.321.